The van der Waals surface area contributed by atoms with Gasteiger partial charge in [-0.05, 0) is 6.07 Å². The van der Waals surface area contributed by atoms with Gasteiger partial charge in [-0.1, -0.05) is 18.5 Å². The molecule has 0 amide bonds. The molecule has 1 saturated heterocycles. The summed E-state index contributed by atoms with van der Waals surface area (Å²) < 4.78 is 18.9. The lowest BCUT2D eigenvalue weighted by Gasteiger charge is -2.27. The molecule has 2 aliphatic rings. The summed E-state index contributed by atoms with van der Waals surface area (Å²) >= 11 is 5.79. The number of ether oxygens (including phenoxy) is 1. The van der Waals surface area contributed by atoms with Crippen LogP contribution >= 0.6 is 11.6 Å². The Bertz CT molecular complexity index is 468. The number of benzene rings is 1. The molecule has 0 aromatic heterocycles. The van der Waals surface area contributed by atoms with Gasteiger partial charge in [-0.25, -0.2) is 4.39 Å². The second-order valence-electron chi connectivity index (χ2n) is 5.03. The number of fused-ring (bicyclic) bond motifs is 2. The molecule has 0 aliphatic carbocycles. The molecule has 92 valence electrons. The number of hydrogen-bond acceptors (Lipinski definition) is 3. The second-order valence-corrected chi connectivity index (χ2v) is 5.44. The normalized spacial score (nSPS) is 30.9. The lowest BCUT2D eigenvalue weighted by atomic mass is 9.85. The summed E-state index contributed by atoms with van der Waals surface area (Å²) in [6, 6.07) is 3.27. The molecular formula is C12H14ClFN2O. The van der Waals surface area contributed by atoms with Crippen LogP contribution in [0.3, 0.4) is 0 Å². The number of nitrogens with one attached hydrogen (secondary N) is 2. The Hall–Kier alpha value is -1.00. The van der Waals surface area contributed by atoms with Crippen LogP contribution in [0, 0.1) is 11.2 Å². The van der Waals surface area contributed by atoms with Crippen molar-refractivity contribution < 1.29 is 9.13 Å². The van der Waals surface area contributed by atoms with Crippen LogP contribution in [0.2, 0.25) is 5.02 Å². The first-order chi connectivity index (χ1) is 8.08. The van der Waals surface area contributed by atoms with Gasteiger partial charge in [0.05, 0.1) is 35.7 Å². The Labute approximate surface area is 104 Å². The highest BCUT2D eigenvalue weighted by atomic mass is 35.5. The fraction of sp³-hybridized carbons (Fsp3) is 0.500. The summed E-state index contributed by atoms with van der Waals surface area (Å²) in [4.78, 5) is 0. The molecule has 0 saturated carbocycles. The van der Waals surface area contributed by atoms with Crippen molar-refractivity contribution in [1.29, 1.82) is 0 Å². The Morgan fingerprint density at radius 3 is 3.12 bits per heavy atom. The lowest BCUT2D eigenvalue weighted by Crippen LogP contribution is -2.40. The average Bonchev–Trinajstić information content (AvgIpc) is 2.58. The van der Waals surface area contributed by atoms with Gasteiger partial charge in [-0.2, -0.15) is 0 Å². The maximum Gasteiger partial charge on any atom is 0.143 e. The molecule has 3 rings (SSSR count). The molecule has 3 nitrogen and oxygen atoms in total. The van der Waals surface area contributed by atoms with Crippen LogP contribution in [0.25, 0.3) is 0 Å². The standard InChI is InChI=1S/C12H14ClFN2O/c1-12-5-15-9-2-7(13)8(14)3-10(9)16-11(12)4-17-6-12/h2-3,11,15-16H,4-6H2,1H3. The van der Waals surface area contributed by atoms with Gasteiger partial charge in [0.25, 0.3) is 0 Å². The van der Waals surface area contributed by atoms with E-state index in [1.807, 2.05) is 0 Å². The maximum atomic E-state index is 13.4. The molecule has 0 spiro atoms. The number of hydrogen-bond donors (Lipinski definition) is 2. The molecule has 1 fully saturated rings. The molecule has 5 heteroatoms. The van der Waals surface area contributed by atoms with Crippen LogP contribution in [0.5, 0.6) is 0 Å². The summed E-state index contributed by atoms with van der Waals surface area (Å²) in [5.41, 5.74) is 1.64. The van der Waals surface area contributed by atoms with E-state index in [2.05, 4.69) is 17.6 Å². The summed E-state index contributed by atoms with van der Waals surface area (Å²) in [5.74, 6) is -0.401. The van der Waals surface area contributed by atoms with E-state index in [1.165, 1.54) is 6.07 Å². The molecule has 2 N–H and O–H groups in total. The highest BCUT2D eigenvalue weighted by Crippen LogP contribution is 2.38. The van der Waals surface area contributed by atoms with E-state index in [0.29, 0.717) is 13.2 Å². The zero-order valence-electron chi connectivity index (χ0n) is 9.52. The Morgan fingerprint density at radius 2 is 2.29 bits per heavy atom. The minimum absolute atomic E-state index is 0.0297. The van der Waals surface area contributed by atoms with Gasteiger partial charge in [0.2, 0.25) is 0 Å². The van der Waals surface area contributed by atoms with Crippen molar-refractivity contribution in [2.24, 2.45) is 5.41 Å². The lowest BCUT2D eigenvalue weighted by molar-refractivity contribution is 0.164. The predicted molar refractivity (Wildman–Crippen MR) is 66.2 cm³/mol. The van der Waals surface area contributed by atoms with Gasteiger partial charge in [-0.15, -0.1) is 0 Å². The molecule has 1 aromatic carbocycles. The number of halogens is 2. The molecular weight excluding hydrogens is 243 g/mol. The fourth-order valence-corrected chi connectivity index (χ4v) is 2.56. The highest BCUT2D eigenvalue weighted by Gasteiger charge is 2.41. The molecule has 17 heavy (non-hydrogen) atoms. The van der Waals surface area contributed by atoms with Crippen LogP contribution in [-0.4, -0.2) is 25.8 Å². The van der Waals surface area contributed by atoms with Gasteiger partial charge in [-0.3, -0.25) is 0 Å². The van der Waals surface area contributed by atoms with E-state index in [9.17, 15) is 4.39 Å². The zero-order valence-corrected chi connectivity index (χ0v) is 10.3. The van der Waals surface area contributed by atoms with Crippen LogP contribution in [0.15, 0.2) is 12.1 Å². The molecule has 2 heterocycles. The van der Waals surface area contributed by atoms with Crippen molar-refractivity contribution in [2.75, 3.05) is 30.4 Å². The highest BCUT2D eigenvalue weighted by molar-refractivity contribution is 6.31. The van der Waals surface area contributed by atoms with E-state index < -0.39 is 5.82 Å². The summed E-state index contributed by atoms with van der Waals surface area (Å²) in [6.45, 7) is 4.32. The van der Waals surface area contributed by atoms with E-state index in [1.54, 1.807) is 6.07 Å². The first-order valence-corrected chi connectivity index (χ1v) is 6.03. The second kappa shape index (κ2) is 3.75. The molecule has 2 atom stereocenters. The van der Waals surface area contributed by atoms with Gasteiger partial charge >= 0.3 is 0 Å². The minimum atomic E-state index is -0.401. The van der Waals surface area contributed by atoms with E-state index in [0.717, 1.165) is 17.9 Å². The maximum absolute atomic E-state index is 13.4. The van der Waals surface area contributed by atoms with Crippen LogP contribution in [0.1, 0.15) is 6.92 Å². The van der Waals surface area contributed by atoms with Crippen molar-refractivity contribution in [3.05, 3.63) is 23.0 Å². The molecule has 2 unspecified atom stereocenters. The monoisotopic (exact) mass is 256 g/mol. The Balaban J connectivity index is 2.00. The molecule has 0 bridgehead atoms. The SMILES string of the molecule is CC12CNc3cc(Cl)c(F)cc3NC1COC2. The third-order valence-electron chi connectivity index (χ3n) is 3.63. The topological polar surface area (TPSA) is 33.3 Å². The molecule has 2 aliphatic heterocycles. The Kier molecular flexibility index (Phi) is 2.45. The number of anilines is 2. The third kappa shape index (κ3) is 1.76. The van der Waals surface area contributed by atoms with Crippen LogP contribution in [-0.2, 0) is 4.74 Å². The molecule has 0 radical (unpaired) electrons. The molecule has 1 aromatic rings. The smallest absolute Gasteiger partial charge is 0.143 e. The van der Waals surface area contributed by atoms with Crippen molar-refractivity contribution >= 4 is 23.0 Å². The van der Waals surface area contributed by atoms with Gasteiger partial charge in [0.15, 0.2) is 0 Å². The predicted octanol–water partition coefficient (Wildman–Crippen LogP) is 2.72. The Morgan fingerprint density at radius 1 is 1.47 bits per heavy atom. The van der Waals surface area contributed by atoms with Gasteiger partial charge < -0.3 is 15.4 Å². The van der Waals surface area contributed by atoms with Crippen molar-refractivity contribution in [3.8, 4) is 0 Å². The zero-order chi connectivity index (χ0) is 12.0. The summed E-state index contributed by atoms with van der Waals surface area (Å²) in [6.07, 6.45) is 0. The van der Waals surface area contributed by atoms with Gasteiger partial charge in [0.1, 0.15) is 5.82 Å². The largest absolute Gasteiger partial charge is 0.383 e. The third-order valence-corrected chi connectivity index (χ3v) is 3.92. The first-order valence-electron chi connectivity index (χ1n) is 5.66. The van der Waals surface area contributed by atoms with Crippen LogP contribution < -0.4 is 10.6 Å². The fourth-order valence-electron chi connectivity index (χ4n) is 2.40. The van der Waals surface area contributed by atoms with Crippen molar-refractivity contribution in [1.82, 2.24) is 0 Å². The van der Waals surface area contributed by atoms with E-state index in [4.69, 9.17) is 16.3 Å². The van der Waals surface area contributed by atoms with E-state index in [-0.39, 0.29) is 16.5 Å². The van der Waals surface area contributed by atoms with Crippen molar-refractivity contribution in [3.63, 3.8) is 0 Å². The average molecular weight is 257 g/mol. The number of rotatable bonds is 0. The van der Waals surface area contributed by atoms with Crippen molar-refractivity contribution in [2.45, 2.75) is 13.0 Å². The van der Waals surface area contributed by atoms with Crippen LogP contribution in [0.4, 0.5) is 15.8 Å². The summed E-state index contributed by atoms with van der Waals surface area (Å²) in [5, 5.41) is 6.80. The quantitative estimate of drug-likeness (QED) is 0.749. The van der Waals surface area contributed by atoms with E-state index >= 15 is 0 Å². The van der Waals surface area contributed by atoms with Gasteiger partial charge in [0, 0.05) is 18.0 Å². The summed E-state index contributed by atoms with van der Waals surface area (Å²) in [7, 11) is 0. The first kappa shape index (κ1) is 11.1. The minimum Gasteiger partial charge on any atom is -0.383 e.